The molecule has 2 aromatic rings. The number of ether oxygens (including phenoxy) is 2. The van der Waals surface area contributed by atoms with Crippen molar-refractivity contribution in [2.75, 3.05) is 38.3 Å². The summed E-state index contributed by atoms with van der Waals surface area (Å²) in [5.41, 5.74) is 0.772. The molecule has 5 rings (SSSR count). The molecule has 1 spiro atoms. The van der Waals surface area contributed by atoms with E-state index >= 15 is 0 Å². The fourth-order valence-electron chi connectivity index (χ4n) is 4.92. The van der Waals surface area contributed by atoms with Crippen LogP contribution < -0.4 is 4.90 Å². The Kier molecular flexibility index (Phi) is 6.55. The van der Waals surface area contributed by atoms with Crippen LogP contribution in [0.15, 0.2) is 35.5 Å². The lowest BCUT2D eigenvalue weighted by atomic mass is 9.87. The van der Waals surface area contributed by atoms with Gasteiger partial charge in [0.2, 0.25) is 5.95 Å². The molecule has 1 aromatic carbocycles. The normalized spacial score (nSPS) is 28.3. The minimum Gasteiger partial charge on any atom is -0.348 e. The molecule has 0 amide bonds. The van der Waals surface area contributed by atoms with Gasteiger partial charge >= 0.3 is 0 Å². The Morgan fingerprint density at radius 2 is 1.91 bits per heavy atom. The second kappa shape index (κ2) is 9.40. The summed E-state index contributed by atoms with van der Waals surface area (Å²) in [7, 11) is 1.38. The second-order valence-corrected chi connectivity index (χ2v) is 9.84. The summed E-state index contributed by atoms with van der Waals surface area (Å²) in [6.45, 7) is 3.18. The number of rotatable bonds is 6. The third kappa shape index (κ3) is 4.60. The molecule has 0 N–H and O–H groups in total. The number of halogens is 2. The average molecular weight is 482 g/mol. The van der Waals surface area contributed by atoms with Gasteiger partial charge in [-0.2, -0.15) is 4.33 Å². The van der Waals surface area contributed by atoms with Gasteiger partial charge in [-0.25, -0.2) is 19.2 Å². The highest BCUT2D eigenvalue weighted by Gasteiger charge is 2.59. The predicted octanol–water partition coefficient (Wildman–Crippen LogP) is 4.82. The summed E-state index contributed by atoms with van der Waals surface area (Å²) in [6, 6.07) is 4.87. The zero-order valence-corrected chi connectivity index (χ0v) is 19.3. The maximum absolute atomic E-state index is 14.3. The summed E-state index contributed by atoms with van der Waals surface area (Å²) in [5, 5.41) is 0.553. The van der Waals surface area contributed by atoms with Crippen LogP contribution in [0.3, 0.4) is 0 Å². The summed E-state index contributed by atoms with van der Waals surface area (Å²) < 4.78 is 31.1. The summed E-state index contributed by atoms with van der Waals surface area (Å²) >= 11 is 6.72. The molecule has 10 heteroatoms. The largest absolute Gasteiger partial charge is 0.348 e. The number of hydrogen-bond donors (Lipinski definition) is 0. The first-order valence-corrected chi connectivity index (χ1v) is 11.8. The Morgan fingerprint density at radius 3 is 2.56 bits per heavy atom. The highest BCUT2D eigenvalue weighted by atomic mass is 35.5. The number of nitrogens with zero attached hydrogens (tertiary/aromatic N) is 3. The monoisotopic (exact) mass is 481 g/mol. The van der Waals surface area contributed by atoms with Gasteiger partial charge in [0.15, 0.2) is 6.29 Å². The molecular formula is C22H25ClFN3O4S. The van der Waals surface area contributed by atoms with E-state index in [1.54, 1.807) is 24.5 Å². The van der Waals surface area contributed by atoms with E-state index in [0.29, 0.717) is 40.5 Å². The van der Waals surface area contributed by atoms with Gasteiger partial charge in [0.25, 0.3) is 0 Å². The SMILES string of the molecule is COOSc1ccc(C2OCC3(CO2)CC3C2CCN(c3ncc(Cl)cn3)CC2)cc1F. The minimum absolute atomic E-state index is 0.0980. The molecule has 172 valence electrons. The highest BCUT2D eigenvalue weighted by Crippen LogP contribution is 2.61. The molecule has 3 fully saturated rings. The number of hydrogen-bond acceptors (Lipinski definition) is 8. The van der Waals surface area contributed by atoms with Crippen molar-refractivity contribution in [1.82, 2.24) is 9.97 Å². The highest BCUT2D eigenvalue weighted by molar-refractivity contribution is 7.94. The topological polar surface area (TPSA) is 65.9 Å². The van der Waals surface area contributed by atoms with Gasteiger partial charge in [0, 0.05) is 24.1 Å². The van der Waals surface area contributed by atoms with Crippen LogP contribution >= 0.6 is 23.6 Å². The molecule has 0 bridgehead atoms. The van der Waals surface area contributed by atoms with E-state index in [9.17, 15) is 4.39 Å². The van der Waals surface area contributed by atoms with Crippen LogP contribution in [0.2, 0.25) is 5.02 Å². The third-order valence-corrected chi connectivity index (χ3v) is 7.63. The van der Waals surface area contributed by atoms with Crippen LogP contribution in [0.25, 0.3) is 0 Å². The molecule has 1 atom stereocenters. The van der Waals surface area contributed by atoms with E-state index in [1.807, 2.05) is 0 Å². The molecule has 7 nitrogen and oxygen atoms in total. The Hall–Kier alpha value is -1.49. The third-order valence-electron chi connectivity index (χ3n) is 6.72. The maximum atomic E-state index is 14.3. The van der Waals surface area contributed by atoms with Crippen molar-refractivity contribution in [3.05, 3.63) is 47.0 Å². The van der Waals surface area contributed by atoms with E-state index in [4.69, 9.17) is 25.4 Å². The van der Waals surface area contributed by atoms with Gasteiger partial charge in [-0.3, -0.25) is 0 Å². The fraction of sp³-hybridized carbons (Fsp3) is 0.545. The van der Waals surface area contributed by atoms with E-state index < -0.39 is 12.1 Å². The Labute approximate surface area is 195 Å². The molecular weight excluding hydrogens is 457 g/mol. The van der Waals surface area contributed by atoms with Gasteiger partial charge < -0.3 is 14.4 Å². The predicted molar refractivity (Wildman–Crippen MR) is 118 cm³/mol. The molecule has 2 aliphatic heterocycles. The second-order valence-electron chi connectivity index (χ2n) is 8.66. The maximum Gasteiger partial charge on any atom is 0.225 e. The molecule has 3 aliphatic rings. The molecule has 32 heavy (non-hydrogen) atoms. The lowest BCUT2D eigenvalue weighted by Crippen LogP contribution is -2.37. The van der Waals surface area contributed by atoms with Crippen molar-refractivity contribution in [1.29, 1.82) is 0 Å². The van der Waals surface area contributed by atoms with Gasteiger partial charge in [0.05, 0.1) is 54.7 Å². The van der Waals surface area contributed by atoms with Gasteiger partial charge in [-0.1, -0.05) is 17.7 Å². The number of aromatic nitrogens is 2. The van der Waals surface area contributed by atoms with Crippen molar-refractivity contribution in [3.63, 3.8) is 0 Å². The first kappa shape index (κ1) is 22.3. The summed E-state index contributed by atoms with van der Waals surface area (Å²) in [4.78, 5) is 15.7. The van der Waals surface area contributed by atoms with E-state index in [0.717, 1.165) is 50.3 Å². The van der Waals surface area contributed by atoms with Crippen LogP contribution in [0.5, 0.6) is 0 Å². The molecule has 1 saturated carbocycles. The minimum atomic E-state index is -0.539. The standard InChI is InChI=1S/C22H25ClFN3O4S/c1-28-31-32-19-3-2-15(8-18(19)24)20-29-12-22(13-30-20)9-17(22)14-4-6-27(7-5-14)21-25-10-16(23)11-26-21/h2-3,8,10-11,14,17,20H,4-7,9,12-13H2,1H3. The number of anilines is 1. The zero-order valence-electron chi connectivity index (χ0n) is 17.7. The van der Waals surface area contributed by atoms with Gasteiger partial charge in [-0.15, -0.1) is 0 Å². The van der Waals surface area contributed by atoms with Crippen molar-refractivity contribution in [2.45, 2.75) is 30.4 Å². The first-order chi connectivity index (χ1) is 15.6. The van der Waals surface area contributed by atoms with Crippen molar-refractivity contribution < 1.29 is 23.1 Å². The smallest absolute Gasteiger partial charge is 0.225 e. The quantitative estimate of drug-likeness (QED) is 0.330. The van der Waals surface area contributed by atoms with Crippen LogP contribution in [0.1, 0.15) is 31.1 Å². The Bertz CT molecular complexity index is 937. The van der Waals surface area contributed by atoms with Crippen LogP contribution in [-0.4, -0.2) is 43.4 Å². The molecule has 1 aromatic heterocycles. The summed E-state index contributed by atoms with van der Waals surface area (Å²) in [6.07, 6.45) is 6.09. The van der Waals surface area contributed by atoms with E-state index in [2.05, 4.69) is 19.8 Å². The van der Waals surface area contributed by atoms with Crippen LogP contribution in [0, 0.1) is 23.1 Å². The molecule has 0 radical (unpaired) electrons. The Balaban J connectivity index is 1.12. The molecule has 3 heterocycles. The van der Waals surface area contributed by atoms with Crippen molar-refractivity contribution in [2.24, 2.45) is 17.3 Å². The summed E-state index contributed by atoms with van der Waals surface area (Å²) in [5.74, 6) is 1.61. The van der Waals surface area contributed by atoms with Crippen molar-refractivity contribution >= 4 is 29.6 Å². The number of piperidine rings is 1. The zero-order chi connectivity index (χ0) is 22.1. The van der Waals surface area contributed by atoms with Gasteiger partial charge in [0.1, 0.15) is 5.82 Å². The molecule has 1 aliphatic carbocycles. The van der Waals surface area contributed by atoms with Crippen molar-refractivity contribution in [3.8, 4) is 0 Å². The molecule has 2 saturated heterocycles. The van der Waals surface area contributed by atoms with Gasteiger partial charge in [-0.05, 0) is 43.2 Å². The fourth-order valence-corrected chi connectivity index (χ4v) is 5.42. The molecule has 1 unspecified atom stereocenters. The first-order valence-electron chi connectivity index (χ1n) is 10.7. The van der Waals surface area contributed by atoms with E-state index in [-0.39, 0.29) is 5.41 Å². The van der Waals surface area contributed by atoms with E-state index in [1.165, 1.54) is 13.2 Å². The van der Waals surface area contributed by atoms with Crippen LogP contribution in [0.4, 0.5) is 10.3 Å². The number of benzene rings is 1. The average Bonchev–Trinajstić information content (AvgIpc) is 3.52. The lowest BCUT2D eigenvalue weighted by Gasteiger charge is -2.35. The lowest BCUT2D eigenvalue weighted by molar-refractivity contribution is -0.216. The Morgan fingerprint density at radius 1 is 1.19 bits per heavy atom. The van der Waals surface area contributed by atoms with Crippen LogP contribution in [-0.2, 0) is 18.7 Å².